The first kappa shape index (κ1) is 15.2. The van der Waals surface area contributed by atoms with Crippen molar-refractivity contribution in [2.75, 3.05) is 23.3 Å². The second kappa shape index (κ2) is 6.21. The summed E-state index contributed by atoms with van der Waals surface area (Å²) in [4.78, 5) is 34.1. The van der Waals surface area contributed by atoms with Gasteiger partial charge in [-0.05, 0) is 18.9 Å². The Kier molecular flexibility index (Phi) is 4.11. The number of nitrogens with one attached hydrogen (secondary N) is 1. The van der Waals surface area contributed by atoms with Crippen LogP contribution >= 0.6 is 11.3 Å². The number of amides is 3. The number of nitrogens with zero attached hydrogens (tertiary/aromatic N) is 3. The Morgan fingerprint density at radius 2 is 1.83 bits per heavy atom. The van der Waals surface area contributed by atoms with Gasteiger partial charge in [-0.1, -0.05) is 0 Å². The van der Waals surface area contributed by atoms with Crippen LogP contribution in [0.1, 0.15) is 23.2 Å². The van der Waals surface area contributed by atoms with E-state index in [2.05, 4.69) is 20.2 Å². The molecule has 120 valence electrons. The molecule has 3 heterocycles. The second-order valence-corrected chi connectivity index (χ2v) is 6.23. The zero-order valence-electron chi connectivity index (χ0n) is 12.3. The number of aromatic nitrogens is 2. The highest BCUT2D eigenvalue weighted by Crippen LogP contribution is 2.35. The third-order valence-electron chi connectivity index (χ3n) is 3.55. The molecule has 0 aromatic carbocycles. The third-order valence-corrected chi connectivity index (χ3v) is 4.65. The number of hydrogen-bond donors (Lipinski definition) is 3. The molecule has 5 N–H and O–H groups in total. The van der Waals surface area contributed by atoms with E-state index < -0.39 is 11.9 Å². The quantitative estimate of drug-likeness (QED) is 0.779. The summed E-state index contributed by atoms with van der Waals surface area (Å²) in [5, 5.41) is 2.73. The summed E-state index contributed by atoms with van der Waals surface area (Å²) in [7, 11) is 0. The molecule has 0 atom stereocenters. The summed E-state index contributed by atoms with van der Waals surface area (Å²) >= 11 is 1.20. The topological polar surface area (TPSA) is 127 Å². The third kappa shape index (κ3) is 3.24. The number of hydrogen-bond acceptors (Lipinski definition) is 6. The molecule has 9 heteroatoms. The van der Waals surface area contributed by atoms with E-state index in [1.54, 1.807) is 18.5 Å². The van der Waals surface area contributed by atoms with Crippen LogP contribution in [0.4, 0.5) is 15.7 Å². The van der Waals surface area contributed by atoms with Crippen LogP contribution in [0.15, 0.2) is 18.5 Å². The molecule has 1 saturated heterocycles. The van der Waals surface area contributed by atoms with Crippen molar-refractivity contribution >= 4 is 34.2 Å². The predicted octanol–water partition coefficient (Wildman–Crippen LogP) is 1.39. The summed E-state index contributed by atoms with van der Waals surface area (Å²) < 4.78 is 0. The van der Waals surface area contributed by atoms with Crippen molar-refractivity contribution in [3.63, 3.8) is 0 Å². The van der Waals surface area contributed by atoms with Gasteiger partial charge in [-0.15, -0.1) is 11.3 Å². The molecule has 0 spiro atoms. The van der Waals surface area contributed by atoms with Crippen LogP contribution in [0.2, 0.25) is 0 Å². The normalized spacial score (nSPS) is 14.0. The number of anilines is 2. The van der Waals surface area contributed by atoms with Gasteiger partial charge in [0.05, 0.1) is 5.56 Å². The molecule has 0 radical (unpaired) electrons. The monoisotopic (exact) mass is 332 g/mol. The van der Waals surface area contributed by atoms with Crippen LogP contribution in [-0.2, 0) is 0 Å². The van der Waals surface area contributed by atoms with Gasteiger partial charge in [0.25, 0.3) is 5.91 Å². The lowest BCUT2D eigenvalue weighted by Crippen LogP contribution is -2.21. The first-order chi connectivity index (χ1) is 11.0. The van der Waals surface area contributed by atoms with Gasteiger partial charge < -0.3 is 16.4 Å². The van der Waals surface area contributed by atoms with Crippen molar-refractivity contribution in [3.8, 4) is 10.4 Å². The number of rotatable bonds is 4. The van der Waals surface area contributed by atoms with Crippen LogP contribution in [-0.4, -0.2) is 35.0 Å². The Balaban J connectivity index is 1.88. The van der Waals surface area contributed by atoms with E-state index in [0.29, 0.717) is 10.9 Å². The first-order valence-electron chi connectivity index (χ1n) is 7.12. The van der Waals surface area contributed by atoms with Gasteiger partial charge in [-0.25, -0.2) is 14.8 Å². The minimum atomic E-state index is -0.749. The minimum Gasteiger partial charge on any atom is -0.366 e. The molecule has 3 rings (SSSR count). The van der Waals surface area contributed by atoms with E-state index in [1.807, 2.05) is 0 Å². The maximum Gasteiger partial charge on any atom is 0.317 e. The average molecular weight is 332 g/mol. The summed E-state index contributed by atoms with van der Waals surface area (Å²) in [6.07, 6.45) is 5.71. The van der Waals surface area contributed by atoms with Gasteiger partial charge in [0.1, 0.15) is 5.00 Å². The number of urea groups is 1. The lowest BCUT2D eigenvalue weighted by atomic mass is 10.2. The standard InChI is InChI=1S/C14H16N6O2S/c15-11(21)9-5-10(23-12(9)19-13(16)22)8-6-17-14(18-7-8)20-3-1-2-4-20/h5-7H,1-4H2,(H2,15,21)(H3,16,19,22). The maximum absolute atomic E-state index is 11.5. The summed E-state index contributed by atoms with van der Waals surface area (Å²) in [6, 6.07) is 0.855. The smallest absolute Gasteiger partial charge is 0.317 e. The minimum absolute atomic E-state index is 0.215. The van der Waals surface area contributed by atoms with Crippen molar-refractivity contribution in [2.45, 2.75) is 12.8 Å². The van der Waals surface area contributed by atoms with Crippen LogP contribution in [0, 0.1) is 0 Å². The molecule has 0 bridgehead atoms. The fourth-order valence-corrected chi connectivity index (χ4v) is 3.49. The number of nitrogens with two attached hydrogens (primary N) is 2. The fraction of sp³-hybridized carbons (Fsp3) is 0.286. The van der Waals surface area contributed by atoms with Crippen molar-refractivity contribution in [2.24, 2.45) is 11.5 Å². The van der Waals surface area contributed by atoms with Crippen LogP contribution in [0.3, 0.4) is 0 Å². The highest BCUT2D eigenvalue weighted by atomic mass is 32.1. The molecular weight excluding hydrogens is 316 g/mol. The van der Waals surface area contributed by atoms with E-state index in [-0.39, 0.29) is 5.56 Å². The highest BCUT2D eigenvalue weighted by Gasteiger charge is 2.18. The Morgan fingerprint density at radius 3 is 2.39 bits per heavy atom. The first-order valence-corrected chi connectivity index (χ1v) is 7.93. The number of carbonyl (C=O) groups is 2. The Bertz CT molecular complexity index is 736. The van der Waals surface area contributed by atoms with E-state index >= 15 is 0 Å². The molecule has 2 aromatic rings. The number of thiophene rings is 1. The van der Waals surface area contributed by atoms with E-state index in [0.717, 1.165) is 36.4 Å². The van der Waals surface area contributed by atoms with E-state index in [9.17, 15) is 9.59 Å². The number of carbonyl (C=O) groups excluding carboxylic acids is 2. The van der Waals surface area contributed by atoms with Crippen molar-refractivity contribution in [3.05, 3.63) is 24.0 Å². The average Bonchev–Trinajstić information content (AvgIpc) is 3.16. The summed E-state index contributed by atoms with van der Waals surface area (Å²) in [5.41, 5.74) is 11.4. The fourth-order valence-electron chi connectivity index (χ4n) is 2.45. The second-order valence-electron chi connectivity index (χ2n) is 5.17. The zero-order valence-corrected chi connectivity index (χ0v) is 13.1. The Hall–Kier alpha value is -2.68. The molecule has 0 unspecified atom stereocenters. The molecule has 23 heavy (non-hydrogen) atoms. The molecule has 8 nitrogen and oxygen atoms in total. The van der Waals surface area contributed by atoms with Crippen molar-refractivity contribution in [1.29, 1.82) is 0 Å². The van der Waals surface area contributed by atoms with Crippen LogP contribution in [0.25, 0.3) is 10.4 Å². The molecule has 1 fully saturated rings. The molecular formula is C14H16N6O2S. The predicted molar refractivity (Wildman–Crippen MR) is 88.5 cm³/mol. The summed E-state index contributed by atoms with van der Waals surface area (Å²) in [5.74, 6) is 0.0688. The lowest BCUT2D eigenvalue weighted by Gasteiger charge is -2.14. The molecule has 0 aliphatic carbocycles. The highest BCUT2D eigenvalue weighted by molar-refractivity contribution is 7.20. The molecule has 0 saturated carbocycles. The van der Waals surface area contributed by atoms with Crippen LogP contribution in [0.5, 0.6) is 0 Å². The lowest BCUT2D eigenvalue weighted by molar-refractivity contribution is 0.100. The van der Waals surface area contributed by atoms with Gasteiger partial charge in [0.2, 0.25) is 5.95 Å². The zero-order chi connectivity index (χ0) is 16.4. The largest absolute Gasteiger partial charge is 0.366 e. The molecule has 1 aliphatic heterocycles. The van der Waals surface area contributed by atoms with E-state index in [1.165, 1.54) is 11.3 Å². The van der Waals surface area contributed by atoms with Gasteiger partial charge in [0.15, 0.2) is 0 Å². The van der Waals surface area contributed by atoms with E-state index in [4.69, 9.17) is 11.5 Å². The van der Waals surface area contributed by atoms with Crippen molar-refractivity contribution < 1.29 is 9.59 Å². The maximum atomic E-state index is 11.5. The molecule has 2 aromatic heterocycles. The summed E-state index contributed by atoms with van der Waals surface area (Å²) in [6.45, 7) is 1.94. The van der Waals surface area contributed by atoms with Gasteiger partial charge in [0, 0.05) is 35.9 Å². The van der Waals surface area contributed by atoms with Crippen molar-refractivity contribution in [1.82, 2.24) is 9.97 Å². The number of primary amides is 2. The van der Waals surface area contributed by atoms with Gasteiger partial charge >= 0.3 is 6.03 Å². The van der Waals surface area contributed by atoms with Gasteiger partial charge in [-0.2, -0.15) is 0 Å². The SMILES string of the molecule is NC(=O)Nc1sc(-c2cnc(N3CCCC3)nc2)cc1C(N)=O. The van der Waals surface area contributed by atoms with Gasteiger partial charge in [-0.3, -0.25) is 10.1 Å². The Labute approximate surface area is 136 Å². The molecule has 3 amide bonds. The Morgan fingerprint density at radius 1 is 1.17 bits per heavy atom. The molecule has 1 aliphatic rings. The van der Waals surface area contributed by atoms with Crippen LogP contribution < -0.4 is 21.7 Å².